The van der Waals surface area contributed by atoms with Crippen LogP contribution in [0.25, 0.3) is 5.69 Å². The summed E-state index contributed by atoms with van der Waals surface area (Å²) in [7, 11) is 4.09. The number of aromatic nitrogens is 3. The van der Waals surface area contributed by atoms with Gasteiger partial charge in [-0.05, 0) is 31.2 Å². The van der Waals surface area contributed by atoms with Crippen molar-refractivity contribution in [1.82, 2.24) is 14.8 Å². The second kappa shape index (κ2) is 7.66. The molecule has 0 fully saturated rings. The van der Waals surface area contributed by atoms with Gasteiger partial charge in [-0.25, -0.2) is 4.39 Å². The molecule has 0 amide bonds. The highest BCUT2D eigenvalue weighted by molar-refractivity contribution is 7.99. The molecule has 7 heteroatoms. The van der Waals surface area contributed by atoms with Crippen LogP contribution in [0.3, 0.4) is 0 Å². The van der Waals surface area contributed by atoms with Crippen molar-refractivity contribution in [3.8, 4) is 5.69 Å². The fourth-order valence-electron chi connectivity index (χ4n) is 2.09. The summed E-state index contributed by atoms with van der Waals surface area (Å²) in [6.07, 6.45) is 0. The molecule has 0 radical (unpaired) electrons. The quantitative estimate of drug-likeness (QED) is 0.799. The summed E-state index contributed by atoms with van der Waals surface area (Å²) in [5.41, 5.74) is 0.401. The number of rotatable bonds is 6. The third kappa shape index (κ3) is 4.67. The van der Waals surface area contributed by atoms with Crippen molar-refractivity contribution in [2.45, 2.75) is 38.9 Å². The van der Waals surface area contributed by atoms with Crippen LogP contribution in [0.15, 0.2) is 29.4 Å². The van der Waals surface area contributed by atoms with Crippen LogP contribution < -0.4 is 4.90 Å². The molecule has 0 saturated carbocycles. The lowest BCUT2D eigenvalue weighted by molar-refractivity contribution is -0.890. The smallest absolute Gasteiger partial charge is 0.196 e. The Morgan fingerprint density at radius 1 is 1.24 bits per heavy atom. The molecule has 0 bridgehead atoms. The van der Waals surface area contributed by atoms with Crippen molar-refractivity contribution in [2.75, 3.05) is 19.8 Å². The number of nitrogens with zero attached hydrogens (tertiary/aromatic N) is 3. The van der Waals surface area contributed by atoms with Gasteiger partial charge >= 0.3 is 0 Å². The Kier molecular flexibility index (Phi) is 6.00. The summed E-state index contributed by atoms with van der Waals surface area (Å²) in [5, 5.41) is 9.28. The molecule has 1 aromatic carbocycles. The van der Waals surface area contributed by atoms with E-state index in [0.29, 0.717) is 10.9 Å². The van der Waals surface area contributed by atoms with Gasteiger partial charge in [0.25, 0.3) is 0 Å². The molecule has 1 heterocycles. The van der Waals surface area contributed by atoms with Gasteiger partial charge in [-0.15, -0.1) is 10.2 Å². The number of Topliss-reactive ketones (excluding diaryl/α,β-unsaturated/α-hetero) is 1. The zero-order valence-corrected chi connectivity index (χ0v) is 16.4. The predicted octanol–water partition coefficient (Wildman–Crippen LogP) is 2.32. The Balaban J connectivity index is 2.40. The number of carbonyl (C=O) groups is 1. The van der Waals surface area contributed by atoms with Gasteiger partial charge in [0.2, 0.25) is 0 Å². The summed E-state index contributed by atoms with van der Waals surface area (Å²) in [6.45, 7) is 7.78. The van der Waals surface area contributed by atoms with Crippen LogP contribution in [0.5, 0.6) is 0 Å². The highest BCUT2D eigenvalue weighted by Gasteiger charge is 2.26. The molecule has 1 atom stereocenters. The number of thioether (sulfide) groups is 1. The minimum atomic E-state index is -0.391. The van der Waals surface area contributed by atoms with Crippen molar-refractivity contribution in [3.05, 3.63) is 35.9 Å². The Labute approximate surface area is 152 Å². The maximum atomic E-state index is 13.3. The average Bonchev–Trinajstić information content (AvgIpc) is 2.95. The van der Waals surface area contributed by atoms with E-state index in [1.165, 1.54) is 28.8 Å². The number of halogens is 1. The summed E-state index contributed by atoms with van der Waals surface area (Å²) in [6, 6.07) is 6.35. The first kappa shape index (κ1) is 19.6. The van der Waals surface area contributed by atoms with E-state index in [1.807, 2.05) is 39.4 Å². The molecule has 2 aromatic rings. The molecule has 1 aromatic heterocycles. The Morgan fingerprint density at radius 2 is 1.84 bits per heavy atom. The Hall–Kier alpha value is -1.73. The lowest BCUT2D eigenvalue weighted by Crippen LogP contribution is -3.05. The van der Waals surface area contributed by atoms with Crippen LogP contribution in [0, 0.1) is 11.2 Å². The number of quaternary nitrogens is 1. The van der Waals surface area contributed by atoms with Crippen molar-refractivity contribution in [1.29, 1.82) is 0 Å². The zero-order chi connectivity index (χ0) is 18.8. The molecule has 136 valence electrons. The molecule has 5 nitrogen and oxygen atoms in total. The van der Waals surface area contributed by atoms with Gasteiger partial charge in [0.15, 0.2) is 11.0 Å². The van der Waals surface area contributed by atoms with Crippen LogP contribution in [0.1, 0.15) is 39.6 Å². The van der Waals surface area contributed by atoms with Crippen LogP contribution in [0.2, 0.25) is 0 Å². The second-order valence-electron chi connectivity index (χ2n) is 7.41. The molecule has 2 rings (SSSR count). The van der Waals surface area contributed by atoms with Crippen molar-refractivity contribution >= 4 is 17.5 Å². The average molecular weight is 365 g/mol. The molecular weight excluding hydrogens is 339 g/mol. The van der Waals surface area contributed by atoms with E-state index in [2.05, 4.69) is 17.1 Å². The van der Waals surface area contributed by atoms with E-state index >= 15 is 0 Å². The highest BCUT2D eigenvalue weighted by atomic mass is 32.2. The number of carbonyl (C=O) groups excluding carboxylic acids is 1. The van der Waals surface area contributed by atoms with Gasteiger partial charge < -0.3 is 4.90 Å². The maximum absolute atomic E-state index is 13.3. The van der Waals surface area contributed by atoms with Crippen LogP contribution in [0.4, 0.5) is 4.39 Å². The van der Waals surface area contributed by atoms with Gasteiger partial charge in [-0.3, -0.25) is 9.36 Å². The molecule has 0 spiro atoms. The minimum absolute atomic E-state index is 0.102. The van der Waals surface area contributed by atoms with E-state index < -0.39 is 5.41 Å². The maximum Gasteiger partial charge on any atom is 0.196 e. The summed E-state index contributed by atoms with van der Waals surface area (Å²) in [4.78, 5) is 13.5. The lowest BCUT2D eigenvalue weighted by atomic mass is 9.92. The fourth-order valence-corrected chi connectivity index (χ4v) is 3.21. The van der Waals surface area contributed by atoms with E-state index in [4.69, 9.17) is 0 Å². The number of hydrogen-bond acceptors (Lipinski definition) is 4. The van der Waals surface area contributed by atoms with Gasteiger partial charge in [-0.2, -0.15) is 0 Å². The number of nitrogens with one attached hydrogen (secondary N) is 1. The molecule has 0 unspecified atom stereocenters. The summed E-state index contributed by atoms with van der Waals surface area (Å²) >= 11 is 1.37. The highest BCUT2D eigenvalue weighted by Crippen LogP contribution is 2.27. The second-order valence-corrected chi connectivity index (χ2v) is 8.36. The first-order chi connectivity index (χ1) is 11.6. The van der Waals surface area contributed by atoms with Crippen molar-refractivity contribution in [3.63, 3.8) is 0 Å². The molecule has 0 aliphatic rings. The Bertz CT molecular complexity index is 735. The molecule has 0 saturated heterocycles. The SMILES string of the molecule is C[C@@H](c1nnc(SCC(=O)C(C)(C)C)n1-c1ccc(F)cc1)[NH+](C)C. The first-order valence-corrected chi connectivity index (χ1v) is 9.27. The predicted molar refractivity (Wildman–Crippen MR) is 97.7 cm³/mol. The van der Waals surface area contributed by atoms with Crippen LogP contribution in [-0.2, 0) is 4.79 Å². The fraction of sp³-hybridized carbons (Fsp3) is 0.500. The normalized spacial score (nSPS) is 13.3. The van der Waals surface area contributed by atoms with Gasteiger partial charge in [0.1, 0.15) is 17.6 Å². The monoisotopic (exact) mass is 365 g/mol. The number of ketones is 1. The van der Waals surface area contributed by atoms with E-state index in [0.717, 1.165) is 11.5 Å². The van der Waals surface area contributed by atoms with Crippen molar-refractivity contribution in [2.24, 2.45) is 5.41 Å². The molecule has 25 heavy (non-hydrogen) atoms. The lowest BCUT2D eigenvalue weighted by Gasteiger charge is -2.19. The summed E-state index contributed by atoms with van der Waals surface area (Å²) < 4.78 is 15.2. The molecule has 0 aliphatic carbocycles. The van der Waals surface area contributed by atoms with Crippen LogP contribution >= 0.6 is 11.8 Å². The van der Waals surface area contributed by atoms with Crippen LogP contribution in [-0.4, -0.2) is 40.4 Å². The number of benzene rings is 1. The van der Waals surface area contributed by atoms with E-state index in [9.17, 15) is 9.18 Å². The summed E-state index contributed by atoms with van der Waals surface area (Å²) in [5.74, 6) is 0.976. The largest absolute Gasteiger partial charge is 0.331 e. The zero-order valence-electron chi connectivity index (χ0n) is 15.6. The van der Waals surface area contributed by atoms with E-state index in [-0.39, 0.29) is 17.6 Å². The van der Waals surface area contributed by atoms with E-state index in [1.54, 1.807) is 12.1 Å². The minimum Gasteiger partial charge on any atom is -0.331 e. The van der Waals surface area contributed by atoms with Crippen molar-refractivity contribution < 1.29 is 14.1 Å². The van der Waals surface area contributed by atoms with Gasteiger partial charge in [0, 0.05) is 11.1 Å². The third-order valence-electron chi connectivity index (χ3n) is 4.17. The Morgan fingerprint density at radius 3 is 2.36 bits per heavy atom. The molecule has 1 N–H and O–H groups in total. The molecular formula is C18H26FN4OS+. The first-order valence-electron chi connectivity index (χ1n) is 8.28. The standard InChI is InChI=1S/C18H25FN4OS/c1-12(22(5)6)16-20-21-17(25-11-15(24)18(2,3)4)23(16)14-9-7-13(19)8-10-14/h7-10,12H,11H2,1-6H3/p+1/t12-/m0/s1. The van der Waals surface area contributed by atoms with Gasteiger partial charge in [-0.1, -0.05) is 32.5 Å². The topological polar surface area (TPSA) is 52.2 Å². The third-order valence-corrected chi connectivity index (χ3v) is 5.09. The molecule has 0 aliphatic heterocycles. The van der Waals surface area contributed by atoms with Gasteiger partial charge in [0.05, 0.1) is 19.8 Å². The number of hydrogen-bond donors (Lipinski definition) is 1.